The van der Waals surface area contributed by atoms with E-state index in [-0.39, 0.29) is 18.1 Å². The molecule has 1 aliphatic rings. The minimum absolute atomic E-state index is 0.0797. The maximum Gasteiger partial charge on any atom is 0.264 e. The van der Waals surface area contributed by atoms with Gasteiger partial charge < -0.3 is 9.64 Å². The number of carbonyl (C=O) groups excluding carboxylic acids is 1. The summed E-state index contributed by atoms with van der Waals surface area (Å²) in [5.41, 5.74) is 1.95. The molecule has 5 nitrogen and oxygen atoms in total. The molecule has 4 rings (SSSR count). The van der Waals surface area contributed by atoms with Gasteiger partial charge in [0.15, 0.2) is 0 Å². The second kappa shape index (κ2) is 6.28. The first-order chi connectivity index (χ1) is 12.0. The molecule has 2 unspecified atom stereocenters. The van der Waals surface area contributed by atoms with Gasteiger partial charge in [0.1, 0.15) is 4.83 Å². The summed E-state index contributed by atoms with van der Waals surface area (Å²) in [4.78, 5) is 16.7. The lowest BCUT2D eigenvalue weighted by atomic mass is 10.2. The van der Waals surface area contributed by atoms with Crippen LogP contribution in [0.15, 0.2) is 36.4 Å². The van der Waals surface area contributed by atoms with Crippen molar-refractivity contribution in [2.24, 2.45) is 0 Å². The number of thiophene rings is 1. The monoisotopic (exact) mass is 355 g/mol. The third-order valence-corrected chi connectivity index (χ3v) is 5.72. The third kappa shape index (κ3) is 2.85. The van der Waals surface area contributed by atoms with E-state index in [9.17, 15) is 4.79 Å². The van der Waals surface area contributed by atoms with Gasteiger partial charge in [0.2, 0.25) is 0 Å². The van der Waals surface area contributed by atoms with E-state index >= 15 is 0 Å². The normalized spacial score (nSPS) is 21.0. The van der Waals surface area contributed by atoms with E-state index in [1.54, 1.807) is 0 Å². The van der Waals surface area contributed by atoms with Crippen molar-refractivity contribution in [2.75, 3.05) is 13.2 Å². The van der Waals surface area contributed by atoms with E-state index in [0.717, 1.165) is 26.5 Å². The zero-order valence-corrected chi connectivity index (χ0v) is 15.4. The number of benzene rings is 1. The molecule has 1 aliphatic heterocycles. The first kappa shape index (κ1) is 16.3. The number of hydrogen-bond acceptors (Lipinski definition) is 4. The summed E-state index contributed by atoms with van der Waals surface area (Å²) in [5, 5.41) is 5.69. The van der Waals surface area contributed by atoms with Crippen LogP contribution in [0.4, 0.5) is 0 Å². The summed E-state index contributed by atoms with van der Waals surface area (Å²) < 4.78 is 7.57. The largest absolute Gasteiger partial charge is 0.375 e. The first-order valence-electron chi connectivity index (χ1n) is 8.51. The second-order valence-corrected chi connectivity index (χ2v) is 7.64. The smallest absolute Gasteiger partial charge is 0.264 e. The molecule has 6 heteroatoms. The maximum absolute atomic E-state index is 13.0. The fourth-order valence-electron chi connectivity index (χ4n) is 3.22. The van der Waals surface area contributed by atoms with Crippen LogP contribution in [0, 0.1) is 6.92 Å². The van der Waals surface area contributed by atoms with Crippen molar-refractivity contribution in [2.45, 2.75) is 32.9 Å². The Morgan fingerprint density at radius 3 is 2.80 bits per heavy atom. The summed E-state index contributed by atoms with van der Waals surface area (Å²) in [7, 11) is 0. The average molecular weight is 355 g/mol. The highest BCUT2D eigenvalue weighted by atomic mass is 32.1. The average Bonchev–Trinajstić information content (AvgIpc) is 3.18. The van der Waals surface area contributed by atoms with E-state index in [1.165, 1.54) is 11.3 Å². The van der Waals surface area contributed by atoms with Crippen molar-refractivity contribution in [3.8, 4) is 5.69 Å². The van der Waals surface area contributed by atoms with Crippen LogP contribution in [0.2, 0.25) is 0 Å². The van der Waals surface area contributed by atoms with Crippen LogP contribution in [-0.2, 0) is 4.74 Å². The van der Waals surface area contributed by atoms with Gasteiger partial charge in [-0.25, -0.2) is 4.68 Å². The first-order valence-corrected chi connectivity index (χ1v) is 9.33. The van der Waals surface area contributed by atoms with Gasteiger partial charge in [-0.2, -0.15) is 5.10 Å². The number of rotatable bonds is 2. The van der Waals surface area contributed by atoms with Gasteiger partial charge in [-0.1, -0.05) is 18.2 Å². The minimum Gasteiger partial charge on any atom is -0.375 e. The lowest BCUT2D eigenvalue weighted by molar-refractivity contribution is -0.0385. The van der Waals surface area contributed by atoms with Crippen LogP contribution in [0.1, 0.15) is 29.2 Å². The van der Waals surface area contributed by atoms with Gasteiger partial charge in [-0.3, -0.25) is 4.79 Å². The Morgan fingerprint density at radius 2 is 2.04 bits per heavy atom. The summed E-state index contributed by atoms with van der Waals surface area (Å²) in [5.74, 6) is 0.0860. The Bertz CT molecular complexity index is 916. The molecule has 1 saturated heterocycles. The van der Waals surface area contributed by atoms with Gasteiger partial charge >= 0.3 is 0 Å². The molecule has 3 heterocycles. The highest BCUT2D eigenvalue weighted by molar-refractivity contribution is 7.20. The molecule has 0 aliphatic carbocycles. The zero-order chi connectivity index (χ0) is 17.6. The third-order valence-electron chi connectivity index (χ3n) is 4.62. The molecule has 0 N–H and O–H groups in total. The Labute approximate surface area is 150 Å². The molecule has 2 aromatic heterocycles. The van der Waals surface area contributed by atoms with Gasteiger partial charge in [-0.15, -0.1) is 11.3 Å². The zero-order valence-electron chi connectivity index (χ0n) is 14.6. The lowest BCUT2D eigenvalue weighted by Gasteiger charge is -2.36. The van der Waals surface area contributed by atoms with Crippen LogP contribution in [0.5, 0.6) is 0 Å². The Kier molecular flexibility index (Phi) is 4.09. The molecule has 1 amide bonds. The van der Waals surface area contributed by atoms with Crippen molar-refractivity contribution >= 4 is 27.5 Å². The fraction of sp³-hybridized carbons (Fsp3) is 0.368. The topological polar surface area (TPSA) is 47.4 Å². The molecule has 1 aromatic carbocycles. The number of hydrogen-bond donors (Lipinski definition) is 0. The molecule has 130 valence electrons. The highest BCUT2D eigenvalue weighted by Crippen LogP contribution is 2.31. The molecule has 0 bridgehead atoms. The molecular formula is C19H21N3O2S. The van der Waals surface area contributed by atoms with Crippen LogP contribution >= 0.6 is 11.3 Å². The summed E-state index contributed by atoms with van der Waals surface area (Å²) in [6, 6.07) is 12.1. The Balaban J connectivity index is 1.73. The van der Waals surface area contributed by atoms with Gasteiger partial charge in [0.25, 0.3) is 5.91 Å². The number of fused-ring (bicyclic) bond motifs is 1. The Hall–Kier alpha value is -2.18. The summed E-state index contributed by atoms with van der Waals surface area (Å²) in [6.07, 6.45) is 0.0797. The molecule has 1 fully saturated rings. The van der Waals surface area contributed by atoms with Gasteiger partial charge in [0, 0.05) is 11.9 Å². The number of para-hydroxylation sites is 1. The number of ether oxygens (including phenoxy) is 1. The minimum atomic E-state index is 0.0797. The van der Waals surface area contributed by atoms with Crippen LogP contribution < -0.4 is 0 Å². The molecule has 2 atom stereocenters. The molecule has 0 spiro atoms. The van der Waals surface area contributed by atoms with E-state index in [4.69, 9.17) is 4.74 Å². The lowest BCUT2D eigenvalue weighted by Crippen LogP contribution is -2.50. The highest BCUT2D eigenvalue weighted by Gasteiger charge is 2.29. The number of nitrogens with zero attached hydrogens (tertiary/aromatic N) is 3. The van der Waals surface area contributed by atoms with Crippen LogP contribution in [0.25, 0.3) is 15.9 Å². The van der Waals surface area contributed by atoms with Crippen LogP contribution in [0.3, 0.4) is 0 Å². The van der Waals surface area contributed by atoms with Crippen molar-refractivity contribution < 1.29 is 9.53 Å². The van der Waals surface area contributed by atoms with Gasteiger partial charge in [0.05, 0.1) is 35.0 Å². The van der Waals surface area contributed by atoms with E-state index < -0.39 is 0 Å². The number of carbonyl (C=O) groups is 1. The van der Waals surface area contributed by atoms with Crippen molar-refractivity contribution in [3.05, 3.63) is 47.0 Å². The van der Waals surface area contributed by atoms with Crippen molar-refractivity contribution in [3.63, 3.8) is 0 Å². The molecule has 3 aromatic rings. The predicted octanol–water partition coefficient (Wildman–Crippen LogP) is 3.64. The van der Waals surface area contributed by atoms with Crippen LogP contribution in [-0.4, -0.2) is 45.9 Å². The fourth-order valence-corrected chi connectivity index (χ4v) is 4.36. The van der Waals surface area contributed by atoms with Crippen molar-refractivity contribution in [1.29, 1.82) is 0 Å². The number of aryl methyl sites for hydroxylation is 1. The molecule has 0 radical (unpaired) electrons. The number of amides is 1. The number of aromatic nitrogens is 2. The predicted molar refractivity (Wildman–Crippen MR) is 99.6 cm³/mol. The quantitative estimate of drug-likeness (QED) is 0.705. The molecule has 0 saturated carbocycles. The Morgan fingerprint density at radius 1 is 1.28 bits per heavy atom. The number of morpholine rings is 1. The maximum atomic E-state index is 13.0. The van der Waals surface area contributed by atoms with E-state index in [0.29, 0.717) is 13.2 Å². The summed E-state index contributed by atoms with van der Waals surface area (Å²) in [6.45, 7) is 7.26. The summed E-state index contributed by atoms with van der Waals surface area (Å²) >= 11 is 1.51. The molecule has 25 heavy (non-hydrogen) atoms. The standard InChI is InChI=1S/C19H21N3O2S/c1-12-11-24-13(2)10-21(12)18(23)17-9-16-14(3)20-22(19(16)25-17)15-7-5-4-6-8-15/h4-9,12-13H,10-11H2,1-3H3. The van der Waals surface area contributed by atoms with Gasteiger partial charge in [-0.05, 0) is 39.0 Å². The molecular weight excluding hydrogens is 334 g/mol. The van der Waals surface area contributed by atoms with E-state index in [1.807, 2.05) is 66.8 Å². The second-order valence-electron chi connectivity index (χ2n) is 6.61. The SMILES string of the molecule is Cc1nn(-c2ccccc2)c2sc(C(=O)N3CC(C)OCC3C)cc12. The van der Waals surface area contributed by atoms with E-state index in [2.05, 4.69) is 5.10 Å². The van der Waals surface area contributed by atoms with Crippen molar-refractivity contribution in [1.82, 2.24) is 14.7 Å².